The third-order valence-corrected chi connectivity index (χ3v) is 9.97. The highest BCUT2D eigenvalue weighted by molar-refractivity contribution is 5.71. The Kier molecular flexibility index (Phi) is 37.0. The minimum absolute atomic E-state index is 0.0663. The lowest BCUT2D eigenvalue weighted by atomic mass is 10.0. The van der Waals surface area contributed by atoms with Gasteiger partial charge in [0.2, 0.25) is 0 Å². The Morgan fingerprint density at radius 3 is 0.961 bits per heavy atom. The minimum atomic E-state index is -0.758. The summed E-state index contributed by atoms with van der Waals surface area (Å²) in [7, 11) is 0. The first-order chi connectivity index (χ1) is 24.7. The van der Waals surface area contributed by atoms with Crippen molar-refractivity contribution in [3.8, 4) is 0 Å². The van der Waals surface area contributed by atoms with Crippen molar-refractivity contribution in [1.82, 2.24) is 0 Å². The first-order valence-electron chi connectivity index (χ1n) is 22.2. The van der Waals surface area contributed by atoms with Gasteiger partial charge in [-0.15, -0.1) is 0 Å². The van der Waals surface area contributed by atoms with E-state index in [0.717, 1.165) is 76.0 Å². The number of carbonyl (C=O) groups is 3. The molecule has 0 unspecified atom stereocenters. The molecule has 0 saturated heterocycles. The van der Waals surface area contributed by atoms with Gasteiger partial charge in [0.15, 0.2) is 6.10 Å². The Balaban J connectivity index is 4.15. The van der Waals surface area contributed by atoms with Crippen molar-refractivity contribution in [3.05, 3.63) is 0 Å². The molecule has 0 rings (SSSR count). The van der Waals surface area contributed by atoms with Crippen LogP contribution in [0.2, 0.25) is 0 Å². The molecule has 0 fully saturated rings. The predicted octanol–water partition coefficient (Wildman–Crippen LogP) is 13.8. The molecule has 0 saturated carbocycles. The number of unbranched alkanes of at least 4 members (excludes halogenated alkanes) is 24. The van der Waals surface area contributed by atoms with E-state index in [1.165, 1.54) is 122 Å². The van der Waals surface area contributed by atoms with E-state index in [4.69, 9.17) is 14.2 Å². The average molecular weight is 723 g/mol. The molecule has 0 aromatic rings. The Labute approximate surface area is 317 Å². The third kappa shape index (κ3) is 39.5. The first-order valence-corrected chi connectivity index (χ1v) is 22.2. The van der Waals surface area contributed by atoms with Gasteiger partial charge in [-0.25, -0.2) is 0 Å². The molecule has 6 heteroatoms. The lowest BCUT2D eigenvalue weighted by Gasteiger charge is -2.18. The molecule has 0 aliphatic heterocycles. The van der Waals surface area contributed by atoms with Crippen LogP contribution in [0.4, 0.5) is 0 Å². The minimum Gasteiger partial charge on any atom is -0.462 e. The van der Waals surface area contributed by atoms with E-state index < -0.39 is 6.10 Å². The molecule has 0 N–H and O–H groups in total. The number of hydrogen-bond donors (Lipinski definition) is 0. The summed E-state index contributed by atoms with van der Waals surface area (Å²) in [6, 6.07) is 0. The summed E-state index contributed by atoms with van der Waals surface area (Å²) in [4.78, 5) is 37.4. The van der Waals surface area contributed by atoms with E-state index >= 15 is 0 Å². The van der Waals surface area contributed by atoms with Gasteiger partial charge in [0, 0.05) is 19.3 Å². The van der Waals surface area contributed by atoms with Gasteiger partial charge < -0.3 is 14.2 Å². The maximum atomic E-state index is 12.5. The largest absolute Gasteiger partial charge is 0.462 e. The van der Waals surface area contributed by atoms with Gasteiger partial charge in [-0.1, -0.05) is 202 Å². The lowest BCUT2D eigenvalue weighted by molar-refractivity contribution is -0.167. The molecule has 0 bridgehead atoms. The molecule has 6 nitrogen and oxygen atoms in total. The molecule has 51 heavy (non-hydrogen) atoms. The molecule has 302 valence electrons. The molecule has 1 atom stereocenters. The predicted molar refractivity (Wildman–Crippen MR) is 215 cm³/mol. The fourth-order valence-corrected chi connectivity index (χ4v) is 6.58. The highest BCUT2D eigenvalue weighted by Gasteiger charge is 2.19. The van der Waals surface area contributed by atoms with Crippen LogP contribution in [-0.2, 0) is 28.6 Å². The molecule has 0 aromatic carbocycles. The topological polar surface area (TPSA) is 78.9 Å². The molecule has 0 aliphatic carbocycles. The van der Waals surface area contributed by atoms with Crippen molar-refractivity contribution in [1.29, 1.82) is 0 Å². The zero-order valence-electron chi connectivity index (χ0n) is 34.7. The van der Waals surface area contributed by atoms with E-state index in [0.29, 0.717) is 19.3 Å². The van der Waals surface area contributed by atoms with Crippen molar-refractivity contribution in [2.45, 2.75) is 246 Å². The van der Waals surface area contributed by atoms with Crippen LogP contribution in [-0.4, -0.2) is 37.2 Å². The van der Waals surface area contributed by atoms with Gasteiger partial charge in [-0.05, 0) is 31.1 Å². The number of carbonyl (C=O) groups excluding carboxylic acids is 3. The zero-order valence-corrected chi connectivity index (χ0v) is 34.7. The second kappa shape index (κ2) is 38.1. The Morgan fingerprint density at radius 1 is 0.373 bits per heavy atom. The van der Waals surface area contributed by atoms with Crippen LogP contribution in [0, 0.1) is 11.8 Å². The summed E-state index contributed by atoms with van der Waals surface area (Å²) in [5.41, 5.74) is 0. The number of rotatable bonds is 39. The summed E-state index contributed by atoms with van der Waals surface area (Å²) in [5, 5.41) is 0. The van der Waals surface area contributed by atoms with Crippen LogP contribution in [0.1, 0.15) is 240 Å². The maximum Gasteiger partial charge on any atom is 0.306 e. The molecule has 0 radical (unpaired) electrons. The second-order valence-electron chi connectivity index (χ2n) is 16.3. The monoisotopic (exact) mass is 723 g/mol. The lowest BCUT2D eigenvalue weighted by Crippen LogP contribution is -2.30. The van der Waals surface area contributed by atoms with Crippen LogP contribution < -0.4 is 0 Å². The van der Waals surface area contributed by atoms with Crippen LogP contribution >= 0.6 is 0 Å². The molecule has 0 heterocycles. The van der Waals surface area contributed by atoms with E-state index in [-0.39, 0.29) is 31.1 Å². The van der Waals surface area contributed by atoms with Crippen molar-refractivity contribution in [2.24, 2.45) is 11.8 Å². The molecular formula is C45H86O6. The highest BCUT2D eigenvalue weighted by atomic mass is 16.6. The quantitative estimate of drug-likeness (QED) is 0.0357. The smallest absolute Gasteiger partial charge is 0.306 e. The van der Waals surface area contributed by atoms with E-state index in [9.17, 15) is 14.4 Å². The molecule has 0 spiro atoms. The Morgan fingerprint density at radius 2 is 0.647 bits per heavy atom. The SMILES string of the molecule is CCCCCCCC(=O)O[C@@H](COC(=O)CCCCCCCCCCCCCCC(C)C)COC(=O)CCCCCCCCCCCCC(C)C. The van der Waals surface area contributed by atoms with Crippen LogP contribution in [0.3, 0.4) is 0 Å². The molecule has 0 aliphatic rings. The van der Waals surface area contributed by atoms with Gasteiger partial charge in [0.05, 0.1) is 0 Å². The molecule has 0 aromatic heterocycles. The number of hydrogen-bond acceptors (Lipinski definition) is 6. The van der Waals surface area contributed by atoms with Crippen LogP contribution in [0.5, 0.6) is 0 Å². The first kappa shape index (κ1) is 49.4. The van der Waals surface area contributed by atoms with E-state index in [1.54, 1.807) is 0 Å². The van der Waals surface area contributed by atoms with Crippen molar-refractivity contribution >= 4 is 17.9 Å². The van der Waals surface area contributed by atoms with Gasteiger partial charge in [-0.3, -0.25) is 14.4 Å². The zero-order chi connectivity index (χ0) is 37.6. The van der Waals surface area contributed by atoms with E-state index in [1.807, 2.05) is 0 Å². The normalized spacial score (nSPS) is 12.1. The van der Waals surface area contributed by atoms with Crippen molar-refractivity contribution < 1.29 is 28.6 Å². The molecule has 0 amide bonds. The van der Waals surface area contributed by atoms with Crippen molar-refractivity contribution in [2.75, 3.05) is 13.2 Å². The Bertz CT molecular complexity index is 779. The van der Waals surface area contributed by atoms with Gasteiger partial charge in [0.25, 0.3) is 0 Å². The highest BCUT2D eigenvalue weighted by Crippen LogP contribution is 2.16. The van der Waals surface area contributed by atoms with E-state index in [2.05, 4.69) is 34.6 Å². The standard InChI is InChI=1S/C45H86O6/c1-6-7-8-23-32-37-45(48)51-42(39-50-44(47)36-31-27-22-18-14-13-16-20-25-29-34-41(4)5)38-49-43(46)35-30-26-21-17-12-10-9-11-15-19-24-28-33-40(2)3/h40-42H,6-39H2,1-5H3/t42-/m0/s1. The summed E-state index contributed by atoms with van der Waals surface area (Å²) >= 11 is 0. The summed E-state index contributed by atoms with van der Waals surface area (Å²) in [6.07, 6.45) is 35.5. The van der Waals surface area contributed by atoms with Gasteiger partial charge >= 0.3 is 17.9 Å². The average Bonchev–Trinajstić information content (AvgIpc) is 3.09. The van der Waals surface area contributed by atoms with Crippen LogP contribution in [0.25, 0.3) is 0 Å². The number of ether oxygens (including phenoxy) is 3. The second-order valence-corrected chi connectivity index (χ2v) is 16.3. The summed E-state index contributed by atoms with van der Waals surface area (Å²) in [6.45, 7) is 11.2. The fourth-order valence-electron chi connectivity index (χ4n) is 6.58. The van der Waals surface area contributed by atoms with Gasteiger partial charge in [0.1, 0.15) is 13.2 Å². The summed E-state index contributed by atoms with van der Waals surface area (Å²) < 4.78 is 16.6. The van der Waals surface area contributed by atoms with Gasteiger partial charge in [-0.2, -0.15) is 0 Å². The Hall–Kier alpha value is -1.59. The van der Waals surface area contributed by atoms with Crippen molar-refractivity contribution in [3.63, 3.8) is 0 Å². The summed E-state index contributed by atoms with van der Waals surface area (Å²) in [5.74, 6) is 0.779. The number of esters is 3. The molecular weight excluding hydrogens is 636 g/mol. The maximum absolute atomic E-state index is 12.5. The van der Waals surface area contributed by atoms with Crippen LogP contribution in [0.15, 0.2) is 0 Å². The third-order valence-electron chi connectivity index (χ3n) is 9.97. The fraction of sp³-hybridized carbons (Fsp3) is 0.933.